The molecule has 8 N–H and O–H groups in total. The number of hydrogen-bond donors (Lipinski definition) is 5. The van der Waals surface area contributed by atoms with Crippen LogP contribution in [0.25, 0.3) is 0 Å². The minimum Gasteiger partial charge on any atom is -0.397 e. The van der Waals surface area contributed by atoms with Gasteiger partial charge in [-0.25, -0.2) is 0 Å². The van der Waals surface area contributed by atoms with Gasteiger partial charge in [-0.15, -0.1) is 0 Å². The second-order valence-corrected chi connectivity index (χ2v) is 7.30. The Bertz CT molecular complexity index is 786. The van der Waals surface area contributed by atoms with E-state index in [0.29, 0.717) is 11.3 Å². The van der Waals surface area contributed by atoms with Gasteiger partial charge in [0, 0.05) is 17.6 Å². The highest BCUT2D eigenvalue weighted by molar-refractivity contribution is 5.94. The van der Waals surface area contributed by atoms with Crippen LogP contribution in [0.3, 0.4) is 0 Å². The number of nitrogens with one attached hydrogen (secondary N) is 2. The molecule has 0 unspecified atom stereocenters. The zero-order valence-electron chi connectivity index (χ0n) is 15.7. The summed E-state index contributed by atoms with van der Waals surface area (Å²) in [6.07, 6.45) is 1.90. The Balaban J connectivity index is 1.85. The van der Waals surface area contributed by atoms with Crippen LogP contribution >= 0.6 is 0 Å². The first kappa shape index (κ1) is 19.4. The number of hydrogen-bond acceptors (Lipinski definition) is 5. The van der Waals surface area contributed by atoms with Crippen LogP contribution in [-0.2, 0) is 0 Å². The normalized spacial score (nSPS) is 11.2. The zero-order chi connectivity index (χ0) is 19.3. The molecule has 1 amide bonds. The van der Waals surface area contributed by atoms with Crippen LogP contribution in [0, 0.1) is 6.92 Å². The fraction of sp³-hybridized carbons (Fsp3) is 0.350. The Kier molecular flexibility index (Phi) is 5.97. The Morgan fingerprint density at radius 3 is 2.31 bits per heavy atom. The van der Waals surface area contributed by atoms with Gasteiger partial charge in [0.05, 0.1) is 22.7 Å². The first-order valence-corrected chi connectivity index (χ1v) is 8.75. The maximum absolute atomic E-state index is 11.2. The van der Waals surface area contributed by atoms with Gasteiger partial charge in [0.2, 0.25) is 5.91 Å². The van der Waals surface area contributed by atoms with Crippen LogP contribution in [0.1, 0.15) is 42.6 Å². The molecule has 2 aromatic carbocycles. The number of primary amides is 1. The average molecular weight is 355 g/mol. The van der Waals surface area contributed by atoms with Crippen LogP contribution in [0.2, 0.25) is 0 Å². The van der Waals surface area contributed by atoms with E-state index in [0.717, 1.165) is 42.0 Å². The van der Waals surface area contributed by atoms with Crippen molar-refractivity contribution in [1.29, 1.82) is 0 Å². The third kappa shape index (κ3) is 5.31. The van der Waals surface area contributed by atoms with Crippen LogP contribution in [0.4, 0.5) is 22.7 Å². The molecule has 140 valence electrons. The summed E-state index contributed by atoms with van der Waals surface area (Å²) in [5, 5.41) is 6.82. The Labute approximate surface area is 155 Å². The lowest BCUT2D eigenvalue weighted by Gasteiger charge is -2.28. The van der Waals surface area contributed by atoms with E-state index in [-0.39, 0.29) is 5.54 Å². The molecule has 0 heterocycles. The van der Waals surface area contributed by atoms with Crippen molar-refractivity contribution >= 4 is 28.7 Å². The molecule has 0 fully saturated rings. The Morgan fingerprint density at radius 2 is 1.69 bits per heavy atom. The van der Waals surface area contributed by atoms with E-state index < -0.39 is 5.91 Å². The summed E-state index contributed by atoms with van der Waals surface area (Å²) in [5.74, 6) is -0.480. The molecule has 0 aliphatic carbocycles. The lowest BCUT2D eigenvalue weighted by molar-refractivity contribution is 0.100. The monoisotopic (exact) mass is 355 g/mol. The zero-order valence-corrected chi connectivity index (χ0v) is 15.7. The molecule has 0 aliphatic rings. The highest BCUT2D eigenvalue weighted by Crippen LogP contribution is 2.26. The summed E-state index contributed by atoms with van der Waals surface area (Å²) in [4.78, 5) is 11.2. The fourth-order valence-corrected chi connectivity index (χ4v) is 2.85. The first-order chi connectivity index (χ1) is 12.2. The lowest BCUT2D eigenvalue weighted by Crippen LogP contribution is -2.31. The SMILES string of the molecule is Cc1ccc(NC(C)(C)CCCNc2ccc(C(N)=O)cc2N)c(N)c1. The topological polar surface area (TPSA) is 119 Å². The van der Waals surface area contributed by atoms with Gasteiger partial charge in [-0.2, -0.15) is 0 Å². The van der Waals surface area contributed by atoms with E-state index in [1.54, 1.807) is 18.2 Å². The van der Waals surface area contributed by atoms with E-state index in [9.17, 15) is 4.79 Å². The fourth-order valence-electron chi connectivity index (χ4n) is 2.85. The second kappa shape index (κ2) is 7.99. The Morgan fingerprint density at radius 1 is 1.04 bits per heavy atom. The molecule has 0 aliphatic heterocycles. The number of rotatable bonds is 8. The van der Waals surface area contributed by atoms with Gasteiger partial charge in [0.1, 0.15) is 0 Å². The summed E-state index contributed by atoms with van der Waals surface area (Å²) >= 11 is 0. The van der Waals surface area contributed by atoms with Gasteiger partial charge >= 0.3 is 0 Å². The quantitative estimate of drug-likeness (QED) is 0.367. The van der Waals surface area contributed by atoms with Gasteiger partial charge in [-0.05, 0) is 69.5 Å². The maximum Gasteiger partial charge on any atom is 0.248 e. The van der Waals surface area contributed by atoms with Crippen molar-refractivity contribution in [2.75, 3.05) is 28.6 Å². The van der Waals surface area contributed by atoms with Crippen molar-refractivity contribution in [2.24, 2.45) is 5.73 Å². The van der Waals surface area contributed by atoms with E-state index in [4.69, 9.17) is 17.2 Å². The van der Waals surface area contributed by atoms with E-state index >= 15 is 0 Å². The van der Waals surface area contributed by atoms with Gasteiger partial charge in [0.25, 0.3) is 0 Å². The van der Waals surface area contributed by atoms with Crippen molar-refractivity contribution in [3.63, 3.8) is 0 Å². The molecule has 0 bridgehead atoms. The van der Waals surface area contributed by atoms with Crippen LogP contribution < -0.4 is 27.8 Å². The highest BCUT2D eigenvalue weighted by atomic mass is 16.1. The number of carbonyl (C=O) groups excluding carboxylic acids is 1. The number of benzene rings is 2. The third-order valence-corrected chi connectivity index (χ3v) is 4.31. The average Bonchev–Trinajstić information content (AvgIpc) is 2.55. The molecule has 2 rings (SSSR count). The number of anilines is 4. The van der Waals surface area contributed by atoms with Gasteiger partial charge in [-0.3, -0.25) is 4.79 Å². The summed E-state index contributed by atoms with van der Waals surface area (Å²) < 4.78 is 0. The largest absolute Gasteiger partial charge is 0.397 e. The molecular weight excluding hydrogens is 326 g/mol. The maximum atomic E-state index is 11.2. The predicted molar refractivity (Wildman–Crippen MR) is 110 cm³/mol. The summed E-state index contributed by atoms with van der Waals surface area (Å²) in [6.45, 7) is 7.11. The number of carbonyl (C=O) groups is 1. The second-order valence-electron chi connectivity index (χ2n) is 7.30. The third-order valence-electron chi connectivity index (χ3n) is 4.31. The minimum absolute atomic E-state index is 0.0908. The lowest BCUT2D eigenvalue weighted by atomic mass is 9.97. The molecule has 26 heavy (non-hydrogen) atoms. The number of nitrogens with two attached hydrogens (primary N) is 3. The van der Waals surface area contributed by atoms with E-state index in [1.807, 2.05) is 19.1 Å². The molecule has 6 nitrogen and oxygen atoms in total. The van der Waals surface area contributed by atoms with Crippen LogP contribution in [-0.4, -0.2) is 18.0 Å². The van der Waals surface area contributed by atoms with Crippen molar-refractivity contribution < 1.29 is 4.79 Å². The molecule has 0 radical (unpaired) electrons. The van der Waals surface area contributed by atoms with Crippen molar-refractivity contribution in [1.82, 2.24) is 0 Å². The molecule has 0 saturated heterocycles. The van der Waals surface area contributed by atoms with Gasteiger partial charge in [-0.1, -0.05) is 6.07 Å². The first-order valence-electron chi connectivity index (χ1n) is 8.75. The molecule has 6 heteroatoms. The highest BCUT2D eigenvalue weighted by Gasteiger charge is 2.18. The van der Waals surface area contributed by atoms with Gasteiger partial charge < -0.3 is 27.8 Å². The number of amides is 1. The van der Waals surface area contributed by atoms with Crippen molar-refractivity contribution in [2.45, 2.75) is 39.2 Å². The molecule has 0 spiro atoms. The summed E-state index contributed by atoms with van der Waals surface area (Å²) in [5.41, 5.74) is 21.8. The summed E-state index contributed by atoms with van der Waals surface area (Å²) in [7, 11) is 0. The molecule has 0 saturated carbocycles. The molecular formula is C20H29N5O. The number of nitrogen functional groups attached to an aromatic ring is 2. The smallest absolute Gasteiger partial charge is 0.248 e. The van der Waals surface area contributed by atoms with Gasteiger partial charge in [0.15, 0.2) is 0 Å². The van der Waals surface area contributed by atoms with Crippen LogP contribution in [0.5, 0.6) is 0 Å². The molecule has 0 aromatic heterocycles. The molecule has 0 atom stereocenters. The Hall–Kier alpha value is -2.89. The summed E-state index contributed by atoms with van der Waals surface area (Å²) in [6, 6.07) is 11.1. The molecule has 2 aromatic rings. The number of aryl methyl sites for hydroxylation is 1. The predicted octanol–water partition coefficient (Wildman–Crippen LogP) is 3.34. The van der Waals surface area contributed by atoms with Crippen LogP contribution in [0.15, 0.2) is 36.4 Å². The van der Waals surface area contributed by atoms with E-state index in [1.165, 1.54) is 0 Å². The van der Waals surface area contributed by atoms with Crippen molar-refractivity contribution in [3.05, 3.63) is 47.5 Å². The minimum atomic E-state index is -0.480. The van der Waals surface area contributed by atoms with E-state index in [2.05, 4.69) is 30.5 Å². The van der Waals surface area contributed by atoms with Crippen molar-refractivity contribution in [3.8, 4) is 0 Å². The standard InChI is InChI=1S/C20H29N5O/c1-13-5-7-18(15(21)11-13)25-20(2,3)9-4-10-24-17-8-6-14(19(23)26)12-16(17)22/h5-8,11-12,24-25H,4,9-10,21-22H2,1-3H3,(H2,23,26).